The largest absolute Gasteiger partial charge is 0.488 e. The second-order valence-electron chi connectivity index (χ2n) is 18.2. The number of esters is 1. The molecule has 0 spiro atoms. The Morgan fingerprint density at radius 1 is 0.500 bits per heavy atom. The number of carbonyl (C=O) groups excluding carboxylic acids is 2. The molecule has 5 atom stereocenters. The van der Waals surface area contributed by atoms with Gasteiger partial charge in [-0.1, -0.05) is 182 Å². The van der Waals surface area contributed by atoms with Crippen LogP contribution in [0.4, 0.5) is 0 Å². The Morgan fingerprint density at radius 2 is 0.900 bits per heavy atom. The normalized spacial score (nSPS) is 17.8. The van der Waals surface area contributed by atoms with Crippen LogP contribution in [0.5, 0.6) is 17.2 Å². The van der Waals surface area contributed by atoms with E-state index in [1.165, 1.54) is 0 Å². The third-order valence-corrected chi connectivity index (χ3v) is 11.8. The van der Waals surface area contributed by atoms with Gasteiger partial charge in [-0.2, -0.15) is 0 Å². The van der Waals surface area contributed by atoms with Crippen LogP contribution in [0, 0.1) is 5.41 Å². The molecule has 0 saturated carbocycles. The molecule has 7 aromatic carbocycles. The van der Waals surface area contributed by atoms with Gasteiger partial charge >= 0.3 is 5.97 Å². The summed E-state index contributed by atoms with van der Waals surface area (Å²) in [6, 6.07) is 60.3. The molecule has 0 N–H and O–H groups in total. The van der Waals surface area contributed by atoms with Crippen LogP contribution in [0.3, 0.4) is 0 Å². The summed E-state index contributed by atoms with van der Waals surface area (Å²) in [5.74, 6) is 0.161. The van der Waals surface area contributed by atoms with Crippen LogP contribution >= 0.6 is 0 Å². The first kappa shape index (κ1) is 49.3. The molecule has 1 saturated heterocycles. The van der Waals surface area contributed by atoms with Crippen molar-refractivity contribution in [3.63, 3.8) is 0 Å². The van der Waals surface area contributed by atoms with E-state index in [-0.39, 0.29) is 69.1 Å². The molecule has 70 heavy (non-hydrogen) atoms. The molecule has 0 aromatic heterocycles. The quantitative estimate of drug-likeness (QED) is 0.0481. The molecule has 8 rings (SSSR count). The minimum Gasteiger partial charge on any atom is -0.488 e. The molecule has 10 nitrogen and oxygen atoms in total. The standard InChI is InChI=1S/C60H60O10/c1-60(2,3)59(62)70-58-56(69-52(42-63-36-43-22-10-4-11-23-43)55(67-40-47-30-18-8-19-31-47)57(58)68-41-48-32-20-9-21-33-48)53-51(65-38-45-26-14-6-15-27-45)34-50(64-37-44-24-12-5-13-25-44)49(35-61)54(53)66-39-46-28-16-7-17-29-46/h4-35,52,55-58H,36-42H2,1-3H3/t52-,55-,56+,57+,58+/m1/s1. The average Bonchev–Trinajstić information content (AvgIpc) is 3.39. The van der Waals surface area contributed by atoms with Crippen molar-refractivity contribution in [3.8, 4) is 17.2 Å². The molecule has 1 aliphatic heterocycles. The fourth-order valence-electron chi connectivity index (χ4n) is 8.12. The number of aldehydes is 1. The molecule has 0 unspecified atom stereocenters. The highest BCUT2D eigenvalue weighted by Crippen LogP contribution is 2.49. The van der Waals surface area contributed by atoms with Crippen LogP contribution in [0.1, 0.15) is 76.2 Å². The highest BCUT2D eigenvalue weighted by molar-refractivity contribution is 5.86. The topological polar surface area (TPSA) is 108 Å². The highest BCUT2D eigenvalue weighted by Gasteiger charge is 2.53. The van der Waals surface area contributed by atoms with Gasteiger partial charge in [0, 0.05) is 6.07 Å². The van der Waals surface area contributed by atoms with Crippen molar-refractivity contribution in [3.05, 3.63) is 233 Å². The lowest BCUT2D eigenvalue weighted by Crippen LogP contribution is -2.59. The van der Waals surface area contributed by atoms with Gasteiger partial charge in [0.25, 0.3) is 0 Å². The zero-order chi connectivity index (χ0) is 48.5. The first-order chi connectivity index (χ1) is 34.2. The Kier molecular flexibility index (Phi) is 17.2. The maximum absolute atomic E-state index is 14.5. The van der Waals surface area contributed by atoms with Crippen LogP contribution in [0.15, 0.2) is 188 Å². The van der Waals surface area contributed by atoms with Crippen molar-refractivity contribution in [2.45, 2.75) is 90.9 Å². The lowest BCUT2D eigenvalue weighted by molar-refractivity contribution is -0.271. The monoisotopic (exact) mass is 940 g/mol. The van der Waals surface area contributed by atoms with Gasteiger partial charge in [-0.15, -0.1) is 0 Å². The van der Waals surface area contributed by atoms with E-state index in [2.05, 4.69) is 0 Å². The Labute approximate surface area is 411 Å². The molecule has 1 heterocycles. The van der Waals surface area contributed by atoms with E-state index >= 15 is 0 Å². The van der Waals surface area contributed by atoms with Crippen molar-refractivity contribution >= 4 is 12.3 Å². The van der Waals surface area contributed by atoms with E-state index in [1.54, 1.807) is 26.8 Å². The smallest absolute Gasteiger partial charge is 0.311 e. The molecule has 7 aromatic rings. The van der Waals surface area contributed by atoms with Gasteiger partial charge < -0.3 is 37.9 Å². The lowest BCUT2D eigenvalue weighted by Gasteiger charge is -2.47. The van der Waals surface area contributed by atoms with Gasteiger partial charge in [-0.3, -0.25) is 9.59 Å². The molecular weight excluding hydrogens is 881 g/mol. The molecular formula is C60H60O10. The number of carbonyl (C=O) groups is 2. The third kappa shape index (κ3) is 13.4. The van der Waals surface area contributed by atoms with Crippen LogP contribution < -0.4 is 14.2 Å². The molecule has 1 fully saturated rings. The fraction of sp³-hybridized carbons (Fsp3) is 0.267. The zero-order valence-corrected chi connectivity index (χ0v) is 39.9. The molecule has 1 aliphatic rings. The first-order valence-electron chi connectivity index (χ1n) is 23.7. The van der Waals surface area contributed by atoms with Gasteiger partial charge in [0.05, 0.1) is 43.0 Å². The highest BCUT2D eigenvalue weighted by atomic mass is 16.6. The third-order valence-electron chi connectivity index (χ3n) is 11.8. The van der Waals surface area contributed by atoms with Crippen LogP contribution in [-0.4, -0.2) is 43.3 Å². The maximum Gasteiger partial charge on any atom is 0.311 e. The predicted octanol–water partition coefficient (Wildman–Crippen LogP) is 12.0. The van der Waals surface area contributed by atoms with E-state index < -0.39 is 41.9 Å². The molecule has 0 aliphatic carbocycles. The van der Waals surface area contributed by atoms with Crippen molar-refractivity contribution in [1.82, 2.24) is 0 Å². The van der Waals surface area contributed by atoms with E-state index in [4.69, 9.17) is 37.9 Å². The molecule has 0 amide bonds. The number of rotatable bonds is 22. The van der Waals surface area contributed by atoms with Gasteiger partial charge in [0.1, 0.15) is 61.5 Å². The Bertz CT molecular complexity index is 2680. The fourth-order valence-corrected chi connectivity index (χ4v) is 8.12. The second-order valence-corrected chi connectivity index (χ2v) is 18.2. The van der Waals surface area contributed by atoms with Gasteiger partial charge in [0.15, 0.2) is 12.4 Å². The SMILES string of the molecule is CC(C)(C)C(=O)O[C@@H]1[C@@H](OCc2ccccc2)[C@H](OCc2ccccc2)[C@@H](COCc2ccccc2)O[C@H]1c1c(OCc2ccccc2)cc(OCc2ccccc2)c(C=O)c1OCc1ccccc1. The zero-order valence-electron chi connectivity index (χ0n) is 39.9. The number of benzene rings is 7. The molecule has 10 heteroatoms. The maximum atomic E-state index is 14.5. The van der Waals surface area contributed by atoms with Gasteiger partial charge in [0.2, 0.25) is 0 Å². The number of hydrogen-bond acceptors (Lipinski definition) is 10. The molecule has 0 radical (unpaired) electrons. The van der Waals surface area contributed by atoms with Crippen molar-refractivity contribution < 1.29 is 47.5 Å². The summed E-state index contributed by atoms with van der Waals surface area (Å²) >= 11 is 0. The second kappa shape index (κ2) is 24.5. The minimum atomic E-state index is -1.20. The van der Waals surface area contributed by atoms with Crippen LogP contribution in [0.2, 0.25) is 0 Å². The van der Waals surface area contributed by atoms with Gasteiger partial charge in [-0.05, 0) is 54.2 Å². The van der Waals surface area contributed by atoms with Crippen LogP contribution in [0.25, 0.3) is 0 Å². The summed E-state index contributed by atoms with van der Waals surface area (Å²) < 4.78 is 54.8. The number of hydrogen-bond donors (Lipinski definition) is 0. The average molecular weight is 941 g/mol. The van der Waals surface area contributed by atoms with Crippen molar-refractivity contribution in [1.29, 1.82) is 0 Å². The van der Waals surface area contributed by atoms with E-state index in [0.717, 1.165) is 39.7 Å². The van der Waals surface area contributed by atoms with Gasteiger partial charge in [-0.25, -0.2) is 0 Å². The van der Waals surface area contributed by atoms with Crippen molar-refractivity contribution in [2.24, 2.45) is 5.41 Å². The summed E-state index contributed by atoms with van der Waals surface area (Å²) in [5.41, 5.74) is 4.92. The van der Waals surface area contributed by atoms with Crippen molar-refractivity contribution in [2.75, 3.05) is 6.61 Å². The lowest BCUT2D eigenvalue weighted by atomic mass is 9.88. The summed E-state index contributed by atoms with van der Waals surface area (Å²) in [4.78, 5) is 28.2. The Morgan fingerprint density at radius 3 is 1.34 bits per heavy atom. The van der Waals surface area contributed by atoms with E-state index in [1.807, 2.05) is 182 Å². The molecule has 0 bridgehead atoms. The van der Waals surface area contributed by atoms with E-state index in [0.29, 0.717) is 5.56 Å². The summed E-state index contributed by atoms with van der Waals surface area (Å²) in [5, 5.41) is 0. The Balaban J connectivity index is 1.32. The van der Waals surface area contributed by atoms with Crippen LogP contribution in [-0.2, 0) is 68.1 Å². The number of ether oxygens (including phenoxy) is 8. The first-order valence-corrected chi connectivity index (χ1v) is 23.7. The predicted molar refractivity (Wildman–Crippen MR) is 267 cm³/mol. The van der Waals surface area contributed by atoms with E-state index in [9.17, 15) is 9.59 Å². The summed E-state index contributed by atoms with van der Waals surface area (Å²) in [6.07, 6.45) is -4.32. The summed E-state index contributed by atoms with van der Waals surface area (Å²) in [7, 11) is 0. The summed E-state index contributed by atoms with van der Waals surface area (Å²) in [6.45, 7) is 6.41. The Hall–Kier alpha value is -7.08. The minimum absolute atomic E-state index is 0.0508. The molecule has 360 valence electrons.